The average Bonchev–Trinajstić information content (AvgIpc) is 2.52. The molecule has 1 aromatic rings. The van der Waals surface area contributed by atoms with Crippen molar-refractivity contribution in [2.45, 2.75) is 52.5 Å². The SMILES string of the molecule is CC(C)CCC(=O)NCc1cccnc1N1CCCCC1. The predicted octanol–water partition coefficient (Wildman–Crippen LogP) is 3.12. The summed E-state index contributed by atoms with van der Waals surface area (Å²) in [6, 6.07) is 4.02. The molecule has 1 aliphatic heterocycles. The molecule has 2 rings (SSSR count). The summed E-state index contributed by atoms with van der Waals surface area (Å²) in [5.41, 5.74) is 1.12. The summed E-state index contributed by atoms with van der Waals surface area (Å²) in [5.74, 6) is 1.75. The molecule has 1 aromatic heterocycles. The van der Waals surface area contributed by atoms with Crippen LogP contribution in [0.2, 0.25) is 0 Å². The van der Waals surface area contributed by atoms with Gasteiger partial charge in [-0.25, -0.2) is 4.98 Å². The van der Waals surface area contributed by atoms with E-state index >= 15 is 0 Å². The fraction of sp³-hybridized carbons (Fsp3) is 0.647. The first-order valence-corrected chi connectivity index (χ1v) is 8.12. The molecule has 4 heteroatoms. The van der Waals surface area contributed by atoms with Crippen LogP contribution in [0.3, 0.4) is 0 Å². The van der Waals surface area contributed by atoms with Crippen LogP contribution in [0.15, 0.2) is 18.3 Å². The van der Waals surface area contributed by atoms with Crippen LogP contribution in [0.5, 0.6) is 0 Å². The molecule has 1 amide bonds. The number of hydrogen-bond acceptors (Lipinski definition) is 3. The zero-order chi connectivity index (χ0) is 15.1. The summed E-state index contributed by atoms with van der Waals surface area (Å²) >= 11 is 0. The van der Waals surface area contributed by atoms with Crippen molar-refractivity contribution >= 4 is 11.7 Å². The highest BCUT2D eigenvalue weighted by Crippen LogP contribution is 2.21. The van der Waals surface area contributed by atoms with Gasteiger partial charge in [-0.2, -0.15) is 0 Å². The minimum Gasteiger partial charge on any atom is -0.356 e. The van der Waals surface area contributed by atoms with Crippen LogP contribution < -0.4 is 10.2 Å². The Labute approximate surface area is 127 Å². The molecule has 1 N–H and O–H groups in total. The second kappa shape index (κ2) is 8.01. The number of nitrogens with zero attached hydrogens (tertiary/aromatic N) is 2. The highest BCUT2D eigenvalue weighted by Gasteiger charge is 2.15. The van der Waals surface area contributed by atoms with E-state index in [0.717, 1.165) is 30.9 Å². The smallest absolute Gasteiger partial charge is 0.220 e. The van der Waals surface area contributed by atoms with Crippen LogP contribution in [-0.2, 0) is 11.3 Å². The molecule has 0 bridgehead atoms. The second-order valence-electron chi connectivity index (χ2n) is 6.24. The monoisotopic (exact) mass is 289 g/mol. The lowest BCUT2D eigenvalue weighted by Crippen LogP contribution is -2.32. The lowest BCUT2D eigenvalue weighted by atomic mass is 10.1. The molecule has 1 aliphatic rings. The summed E-state index contributed by atoms with van der Waals surface area (Å²) in [6.45, 7) is 7.01. The first kappa shape index (κ1) is 15.8. The lowest BCUT2D eigenvalue weighted by Gasteiger charge is -2.29. The van der Waals surface area contributed by atoms with Gasteiger partial charge in [-0.1, -0.05) is 19.9 Å². The molecule has 0 spiro atoms. The average molecular weight is 289 g/mol. The maximum Gasteiger partial charge on any atom is 0.220 e. The molecule has 0 atom stereocenters. The van der Waals surface area contributed by atoms with Gasteiger partial charge in [0.2, 0.25) is 5.91 Å². The molecule has 0 aliphatic carbocycles. The van der Waals surface area contributed by atoms with E-state index in [-0.39, 0.29) is 5.91 Å². The minimum absolute atomic E-state index is 0.136. The zero-order valence-corrected chi connectivity index (χ0v) is 13.3. The van der Waals surface area contributed by atoms with Crippen LogP contribution in [0.25, 0.3) is 0 Å². The summed E-state index contributed by atoms with van der Waals surface area (Å²) in [6.07, 6.45) is 7.17. The van der Waals surface area contributed by atoms with Crippen molar-refractivity contribution in [2.24, 2.45) is 5.92 Å². The van der Waals surface area contributed by atoms with E-state index < -0.39 is 0 Å². The van der Waals surface area contributed by atoms with Gasteiger partial charge in [0.25, 0.3) is 0 Å². The Balaban J connectivity index is 1.92. The molecular formula is C17H27N3O. The first-order valence-electron chi connectivity index (χ1n) is 8.12. The van der Waals surface area contributed by atoms with Gasteiger partial charge >= 0.3 is 0 Å². The van der Waals surface area contributed by atoms with Crippen molar-refractivity contribution in [3.63, 3.8) is 0 Å². The van der Waals surface area contributed by atoms with Gasteiger partial charge in [0.15, 0.2) is 0 Å². The third-order valence-electron chi connectivity index (χ3n) is 3.95. The third kappa shape index (κ3) is 5.03. The maximum absolute atomic E-state index is 11.9. The maximum atomic E-state index is 11.9. The molecule has 1 saturated heterocycles. The van der Waals surface area contributed by atoms with Crippen molar-refractivity contribution in [3.05, 3.63) is 23.9 Å². The second-order valence-corrected chi connectivity index (χ2v) is 6.24. The predicted molar refractivity (Wildman–Crippen MR) is 86.2 cm³/mol. The Morgan fingerprint density at radius 3 is 2.81 bits per heavy atom. The zero-order valence-electron chi connectivity index (χ0n) is 13.3. The van der Waals surface area contributed by atoms with Crippen molar-refractivity contribution in [1.82, 2.24) is 10.3 Å². The van der Waals surface area contributed by atoms with E-state index in [4.69, 9.17) is 0 Å². The van der Waals surface area contributed by atoms with Crippen LogP contribution in [0.1, 0.15) is 51.5 Å². The van der Waals surface area contributed by atoms with Gasteiger partial charge < -0.3 is 10.2 Å². The molecule has 0 aromatic carbocycles. The molecule has 1 fully saturated rings. The number of carbonyl (C=O) groups is 1. The lowest BCUT2D eigenvalue weighted by molar-refractivity contribution is -0.121. The molecule has 0 saturated carbocycles. The number of hydrogen-bond donors (Lipinski definition) is 1. The molecule has 4 nitrogen and oxygen atoms in total. The van der Waals surface area contributed by atoms with Crippen LogP contribution in [0.4, 0.5) is 5.82 Å². The minimum atomic E-state index is 0.136. The van der Waals surface area contributed by atoms with Gasteiger partial charge in [0.1, 0.15) is 5.82 Å². The van der Waals surface area contributed by atoms with Crippen LogP contribution in [-0.4, -0.2) is 24.0 Å². The van der Waals surface area contributed by atoms with Crippen molar-refractivity contribution in [3.8, 4) is 0 Å². The molecule has 21 heavy (non-hydrogen) atoms. The number of carbonyl (C=O) groups excluding carboxylic acids is 1. The Morgan fingerprint density at radius 1 is 1.33 bits per heavy atom. The highest BCUT2D eigenvalue weighted by atomic mass is 16.1. The van der Waals surface area contributed by atoms with E-state index in [0.29, 0.717) is 18.9 Å². The van der Waals surface area contributed by atoms with E-state index in [1.165, 1.54) is 19.3 Å². The van der Waals surface area contributed by atoms with Gasteiger partial charge in [-0.05, 0) is 37.7 Å². The fourth-order valence-corrected chi connectivity index (χ4v) is 2.66. The number of anilines is 1. The summed E-state index contributed by atoms with van der Waals surface area (Å²) in [4.78, 5) is 18.7. The summed E-state index contributed by atoms with van der Waals surface area (Å²) < 4.78 is 0. The molecular weight excluding hydrogens is 262 g/mol. The Kier molecular flexibility index (Phi) is 6.03. The topological polar surface area (TPSA) is 45.2 Å². The van der Waals surface area contributed by atoms with Crippen molar-refractivity contribution in [2.75, 3.05) is 18.0 Å². The molecule has 2 heterocycles. The number of amides is 1. The number of rotatable bonds is 6. The molecule has 0 unspecified atom stereocenters. The first-order chi connectivity index (χ1) is 10.2. The highest BCUT2D eigenvalue weighted by molar-refractivity contribution is 5.76. The molecule has 116 valence electrons. The number of aromatic nitrogens is 1. The van der Waals surface area contributed by atoms with Crippen molar-refractivity contribution in [1.29, 1.82) is 0 Å². The third-order valence-corrected chi connectivity index (χ3v) is 3.95. The number of piperidine rings is 1. The van der Waals surface area contributed by atoms with E-state index in [1.54, 1.807) is 0 Å². The number of pyridine rings is 1. The fourth-order valence-electron chi connectivity index (χ4n) is 2.66. The standard InChI is InChI=1S/C17H27N3O/c1-14(2)8-9-16(21)19-13-15-7-6-10-18-17(15)20-11-4-3-5-12-20/h6-7,10,14H,3-5,8-9,11-13H2,1-2H3,(H,19,21). The van der Waals surface area contributed by atoms with E-state index in [1.807, 2.05) is 12.3 Å². The van der Waals surface area contributed by atoms with Crippen molar-refractivity contribution < 1.29 is 4.79 Å². The Hall–Kier alpha value is -1.58. The summed E-state index contributed by atoms with van der Waals surface area (Å²) in [5, 5.41) is 3.03. The van der Waals surface area contributed by atoms with Crippen LogP contribution >= 0.6 is 0 Å². The van der Waals surface area contributed by atoms with E-state index in [2.05, 4.69) is 35.1 Å². The van der Waals surface area contributed by atoms with Crippen LogP contribution in [0, 0.1) is 5.92 Å². The van der Waals surface area contributed by atoms with Gasteiger partial charge in [-0.15, -0.1) is 0 Å². The van der Waals surface area contributed by atoms with Gasteiger partial charge in [0.05, 0.1) is 0 Å². The molecule has 0 radical (unpaired) electrons. The number of nitrogens with one attached hydrogen (secondary N) is 1. The Morgan fingerprint density at radius 2 is 2.10 bits per heavy atom. The summed E-state index contributed by atoms with van der Waals surface area (Å²) in [7, 11) is 0. The quantitative estimate of drug-likeness (QED) is 0.875. The normalized spacial score (nSPS) is 15.3. The van der Waals surface area contributed by atoms with Gasteiger partial charge in [0, 0.05) is 37.8 Å². The van der Waals surface area contributed by atoms with E-state index in [9.17, 15) is 4.79 Å². The van der Waals surface area contributed by atoms with Gasteiger partial charge in [-0.3, -0.25) is 4.79 Å². The largest absolute Gasteiger partial charge is 0.356 e. The Bertz CT molecular complexity index is 453.